The van der Waals surface area contributed by atoms with Crippen LogP contribution < -0.4 is 15.4 Å². The van der Waals surface area contributed by atoms with Crippen molar-refractivity contribution in [2.75, 3.05) is 20.2 Å². The molecule has 1 aliphatic heterocycles. The second-order valence-electron chi connectivity index (χ2n) is 8.90. The molecule has 1 atom stereocenters. The summed E-state index contributed by atoms with van der Waals surface area (Å²) in [5, 5.41) is 5.73. The zero-order valence-electron chi connectivity index (χ0n) is 20.6. The number of carbonyl (C=O) groups excluding carboxylic acids is 2. The highest BCUT2D eigenvalue weighted by Gasteiger charge is 2.21. The number of benzene rings is 3. The SMILES string of the molecule is COc1ccc(-c2ccc3c(c2)N=C(C(=O)NC[C@@H](C)CCNC(=O)OCc2ccccc2)C3)cc1. The van der Waals surface area contributed by atoms with Gasteiger partial charge in [0.1, 0.15) is 18.1 Å². The summed E-state index contributed by atoms with van der Waals surface area (Å²) >= 11 is 0. The van der Waals surface area contributed by atoms with Gasteiger partial charge >= 0.3 is 6.09 Å². The molecule has 0 unspecified atom stereocenters. The molecule has 3 aromatic rings. The minimum absolute atomic E-state index is 0.153. The van der Waals surface area contributed by atoms with Crippen molar-refractivity contribution in [2.45, 2.75) is 26.4 Å². The normalized spacial score (nSPS) is 12.8. The summed E-state index contributed by atoms with van der Waals surface area (Å²) in [6.45, 7) is 3.26. The molecule has 0 aliphatic carbocycles. The van der Waals surface area contributed by atoms with E-state index in [1.165, 1.54) is 0 Å². The zero-order valence-corrected chi connectivity index (χ0v) is 20.6. The molecule has 0 saturated carbocycles. The molecule has 7 nitrogen and oxygen atoms in total. The maximum atomic E-state index is 12.7. The van der Waals surface area contributed by atoms with E-state index in [1.54, 1.807) is 7.11 Å². The lowest BCUT2D eigenvalue weighted by molar-refractivity contribution is -0.115. The molecule has 2 N–H and O–H groups in total. The van der Waals surface area contributed by atoms with Gasteiger partial charge < -0.3 is 20.1 Å². The Labute approximate surface area is 211 Å². The monoisotopic (exact) mass is 485 g/mol. The summed E-state index contributed by atoms with van der Waals surface area (Å²) in [6, 6.07) is 23.5. The summed E-state index contributed by atoms with van der Waals surface area (Å²) in [5.74, 6) is 0.846. The van der Waals surface area contributed by atoms with Crippen LogP contribution in [-0.4, -0.2) is 37.9 Å². The van der Waals surface area contributed by atoms with Crippen molar-refractivity contribution >= 4 is 23.4 Å². The molecule has 0 aromatic heterocycles. The molecule has 0 bridgehead atoms. The van der Waals surface area contributed by atoms with E-state index in [4.69, 9.17) is 9.47 Å². The average Bonchev–Trinajstić information content (AvgIpc) is 3.35. The van der Waals surface area contributed by atoms with Gasteiger partial charge in [-0.3, -0.25) is 4.79 Å². The Morgan fingerprint density at radius 2 is 1.72 bits per heavy atom. The number of alkyl carbamates (subject to hydrolysis) is 1. The van der Waals surface area contributed by atoms with Crippen LogP contribution in [0.1, 0.15) is 24.5 Å². The molecule has 1 heterocycles. The highest BCUT2D eigenvalue weighted by molar-refractivity contribution is 6.40. The fourth-order valence-electron chi connectivity index (χ4n) is 3.94. The number of aliphatic imine (C=N–C) groups is 1. The van der Waals surface area contributed by atoms with Crippen LogP contribution in [0, 0.1) is 5.92 Å². The summed E-state index contributed by atoms with van der Waals surface area (Å²) in [6.07, 6.45) is 0.800. The van der Waals surface area contributed by atoms with E-state index in [0.717, 1.165) is 40.1 Å². The fraction of sp³-hybridized carbons (Fsp3) is 0.276. The third kappa shape index (κ3) is 6.72. The summed E-state index contributed by atoms with van der Waals surface area (Å²) in [4.78, 5) is 29.2. The van der Waals surface area contributed by atoms with Crippen molar-refractivity contribution in [3.63, 3.8) is 0 Å². The van der Waals surface area contributed by atoms with E-state index in [2.05, 4.69) is 21.7 Å². The van der Waals surface area contributed by atoms with Gasteiger partial charge in [0.15, 0.2) is 0 Å². The molecule has 1 aliphatic rings. The lowest BCUT2D eigenvalue weighted by atomic mass is 10.0. The number of nitrogens with one attached hydrogen (secondary N) is 2. The number of fused-ring (bicyclic) bond motifs is 1. The first-order valence-electron chi connectivity index (χ1n) is 12.1. The second-order valence-corrected chi connectivity index (χ2v) is 8.90. The van der Waals surface area contributed by atoms with Gasteiger partial charge in [0, 0.05) is 19.5 Å². The number of rotatable bonds is 10. The maximum absolute atomic E-state index is 12.7. The second kappa shape index (κ2) is 12.0. The van der Waals surface area contributed by atoms with Crippen molar-refractivity contribution in [2.24, 2.45) is 10.9 Å². The Bertz CT molecular complexity index is 1220. The average molecular weight is 486 g/mol. The van der Waals surface area contributed by atoms with Crippen LogP contribution in [0.15, 0.2) is 77.8 Å². The number of methoxy groups -OCH3 is 1. The van der Waals surface area contributed by atoms with E-state index in [0.29, 0.717) is 25.2 Å². The molecule has 3 aromatic carbocycles. The first-order chi connectivity index (χ1) is 17.5. The predicted molar refractivity (Wildman–Crippen MR) is 141 cm³/mol. The Hall–Kier alpha value is -4.13. The largest absolute Gasteiger partial charge is 0.497 e. The highest BCUT2D eigenvalue weighted by Crippen LogP contribution is 2.32. The molecular formula is C29H31N3O4. The lowest BCUT2D eigenvalue weighted by Crippen LogP contribution is -2.35. The van der Waals surface area contributed by atoms with E-state index in [-0.39, 0.29) is 18.4 Å². The molecule has 7 heteroatoms. The standard InChI is InChI=1S/C29H31N3O4/c1-20(14-15-30-29(34)36-19-21-6-4-3-5-7-21)18-31-28(33)27-17-24-9-8-23(16-26(24)32-27)22-10-12-25(35-2)13-11-22/h3-13,16,20H,14-15,17-19H2,1-2H3,(H,30,34)(H,31,33)/t20-/m0/s1. The van der Waals surface area contributed by atoms with Crippen molar-refractivity contribution in [1.29, 1.82) is 0 Å². The summed E-state index contributed by atoms with van der Waals surface area (Å²) in [5.41, 5.74) is 5.45. The minimum atomic E-state index is -0.442. The quantitative estimate of drug-likeness (QED) is 0.420. The Kier molecular flexibility index (Phi) is 8.34. The third-order valence-electron chi connectivity index (χ3n) is 6.11. The molecule has 186 valence electrons. The Morgan fingerprint density at radius 3 is 2.47 bits per heavy atom. The summed E-state index contributed by atoms with van der Waals surface area (Å²) in [7, 11) is 1.65. The van der Waals surface area contributed by atoms with Gasteiger partial charge in [-0.25, -0.2) is 9.79 Å². The van der Waals surface area contributed by atoms with Gasteiger partial charge in [-0.15, -0.1) is 0 Å². The minimum Gasteiger partial charge on any atom is -0.497 e. The number of hydrogen-bond donors (Lipinski definition) is 2. The number of amides is 2. The molecule has 0 spiro atoms. The van der Waals surface area contributed by atoms with E-state index in [1.807, 2.05) is 73.7 Å². The van der Waals surface area contributed by atoms with E-state index in [9.17, 15) is 9.59 Å². The fourth-order valence-corrected chi connectivity index (χ4v) is 3.94. The number of hydrogen-bond acceptors (Lipinski definition) is 5. The van der Waals surface area contributed by atoms with Gasteiger partial charge in [-0.05, 0) is 52.8 Å². The van der Waals surface area contributed by atoms with Crippen LogP contribution in [0.5, 0.6) is 5.75 Å². The zero-order chi connectivity index (χ0) is 25.3. The van der Waals surface area contributed by atoms with Crippen molar-refractivity contribution in [1.82, 2.24) is 10.6 Å². The van der Waals surface area contributed by atoms with Crippen molar-refractivity contribution in [3.8, 4) is 16.9 Å². The lowest BCUT2D eigenvalue weighted by Gasteiger charge is -2.13. The molecule has 36 heavy (non-hydrogen) atoms. The Balaban J connectivity index is 1.20. The first-order valence-corrected chi connectivity index (χ1v) is 12.1. The summed E-state index contributed by atoms with van der Waals surface area (Å²) < 4.78 is 10.4. The van der Waals surface area contributed by atoms with Crippen LogP contribution in [0.2, 0.25) is 0 Å². The molecule has 0 fully saturated rings. The van der Waals surface area contributed by atoms with Gasteiger partial charge in [-0.1, -0.05) is 61.5 Å². The smallest absolute Gasteiger partial charge is 0.407 e. The van der Waals surface area contributed by atoms with Crippen LogP contribution >= 0.6 is 0 Å². The highest BCUT2D eigenvalue weighted by atomic mass is 16.5. The molecule has 0 saturated heterocycles. The molecular weight excluding hydrogens is 454 g/mol. The van der Waals surface area contributed by atoms with Gasteiger partial charge in [0.2, 0.25) is 0 Å². The third-order valence-corrected chi connectivity index (χ3v) is 6.11. The van der Waals surface area contributed by atoms with Gasteiger partial charge in [-0.2, -0.15) is 0 Å². The number of ether oxygens (including phenoxy) is 2. The van der Waals surface area contributed by atoms with Gasteiger partial charge in [0.05, 0.1) is 12.8 Å². The van der Waals surface area contributed by atoms with Crippen molar-refractivity contribution in [3.05, 3.63) is 83.9 Å². The molecule has 2 amide bonds. The van der Waals surface area contributed by atoms with E-state index < -0.39 is 6.09 Å². The predicted octanol–water partition coefficient (Wildman–Crippen LogP) is 5.06. The van der Waals surface area contributed by atoms with Crippen LogP contribution in [0.3, 0.4) is 0 Å². The number of nitrogens with zero attached hydrogens (tertiary/aromatic N) is 1. The maximum Gasteiger partial charge on any atom is 0.407 e. The first kappa shape index (κ1) is 25.0. The van der Waals surface area contributed by atoms with Gasteiger partial charge in [0.25, 0.3) is 5.91 Å². The van der Waals surface area contributed by atoms with Crippen LogP contribution in [0.25, 0.3) is 11.1 Å². The molecule has 0 radical (unpaired) electrons. The topological polar surface area (TPSA) is 89.0 Å². The Morgan fingerprint density at radius 1 is 0.972 bits per heavy atom. The van der Waals surface area contributed by atoms with Crippen LogP contribution in [0.4, 0.5) is 10.5 Å². The van der Waals surface area contributed by atoms with Crippen LogP contribution in [-0.2, 0) is 22.6 Å². The van der Waals surface area contributed by atoms with E-state index >= 15 is 0 Å². The molecule has 4 rings (SSSR count). The number of carbonyl (C=O) groups is 2. The van der Waals surface area contributed by atoms with Crippen molar-refractivity contribution < 1.29 is 19.1 Å².